The number of hydrogen-bond acceptors (Lipinski definition) is 6. The summed E-state index contributed by atoms with van der Waals surface area (Å²) in [5.41, 5.74) is 4.36. The molecule has 0 amide bonds. The number of Topliss-reactive ketones (excluding diaryl/α,β-unsaturated/α-hetero) is 1. The number of allylic oxidation sites excluding steroid dienone is 2. The zero-order valence-corrected chi connectivity index (χ0v) is 34.7. The van der Waals surface area contributed by atoms with Gasteiger partial charge in [0.25, 0.3) is 0 Å². The number of benzene rings is 4. The fraction of sp³-hybridized carbons (Fsp3) is 0.520. The number of aliphatic hydroxyl groups excluding tert-OH is 1. The molecule has 3 aliphatic rings. The Kier molecular flexibility index (Phi) is 12.7. The molecule has 0 bridgehead atoms. The summed E-state index contributed by atoms with van der Waals surface area (Å²) in [4.78, 5) is 19.8. The largest absolute Gasteiger partial charge is 0.506 e. The van der Waals surface area contributed by atoms with E-state index in [0.717, 1.165) is 93.3 Å². The van der Waals surface area contributed by atoms with Crippen molar-refractivity contribution in [3.05, 3.63) is 82.6 Å². The van der Waals surface area contributed by atoms with E-state index in [1.807, 2.05) is 12.1 Å². The Bertz CT molecular complexity index is 2160. The van der Waals surface area contributed by atoms with E-state index in [2.05, 4.69) is 92.2 Å². The predicted octanol–water partition coefficient (Wildman–Crippen LogP) is 12.9. The van der Waals surface area contributed by atoms with Crippen molar-refractivity contribution < 1.29 is 9.90 Å². The van der Waals surface area contributed by atoms with Crippen LogP contribution < -0.4 is 26.5 Å². The van der Waals surface area contributed by atoms with Crippen LogP contribution in [0.5, 0.6) is 0 Å². The molecule has 4 aromatic rings. The molecule has 2 heterocycles. The summed E-state index contributed by atoms with van der Waals surface area (Å²) in [6.45, 7) is 9.06. The van der Waals surface area contributed by atoms with Gasteiger partial charge in [0.15, 0.2) is 0 Å². The number of carbonyl (C=O) groups excluding carboxylic acids is 1. The minimum atomic E-state index is -0.318. The molecule has 0 fully saturated rings. The topological polar surface area (TPSA) is 85.8 Å². The second-order valence-corrected chi connectivity index (χ2v) is 17.0. The maximum Gasteiger partial charge on any atom is 0.201 e. The van der Waals surface area contributed by atoms with Gasteiger partial charge >= 0.3 is 0 Å². The minimum absolute atomic E-state index is 0.0798. The molecule has 1 aliphatic carbocycles. The van der Waals surface area contributed by atoms with Gasteiger partial charge in [0.2, 0.25) is 5.78 Å². The van der Waals surface area contributed by atoms with Gasteiger partial charge in [0.05, 0.1) is 16.5 Å². The van der Waals surface area contributed by atoms with Crippen LogP contribution in [0.1, 0.15) is 162 Å². The summed E-state index contributed by atoms with van der Waals surface area (Å²) in [6, 6.07) is 20.9. The number of anilines is 3. The lowest BCUT2D eigenvalue weighted by Crippen LogP contribution is -2.48. The van der Waals surface area contributed by atoms with Crippen molar-refractivity contribution in [2.24, 2.45) is 4.99 Å². The smallest absolute Gasteiger partial charge is 0.201 e. The van der Waals surface area contributed by atoms with E-state index in [4.69, 9.17) is 4.99 Å². The molecule has 4 aromatic carbocycles. The molecular weight excluding hydrogens is 689 g/mol. The normalized spacial score (nSPS) is 17.3. The summed E-state index contributed by atoms with van der Waals surface area (Å²) >= 11 is 0. The molecule has 0 spiro atoms. The number of carbonyl (C=O) groups is 1. The molecule has 0 saturated heterocycles. The van der Waals surface area contributed by atoms with E-state index in [0.29, 0.717) is 11.1 Å². The Morgan fingerprint density at radius 3 is 1.64 bits per heavy atom. The van der Waals surface area contributed by atoms with Crippen LogP contribution >= 0.6 is 0 Å². The molecule has 7 rings (SSSR count). The average Bonchev–Trinajstić information content (AvgIpc) is 3.21. The molecule has 4 N–H and O–H groups in total. The Hall–Kier alpha value is -4.32. The van der Waals surface area contributed by atoms with E-state index in [-0.39, 0.29) is 22.9 Å². The average molecular weight is 755 g/mol. The molecule has 2 aliphatic heterocycles. The van der Waals surface area contributed by atoms with Crippen LogP contribution in [0.3, 0.4) is 0 Å². The Morgan fingerprint density at radius 2 is 1.07 bits per heavy atom. The van der Waals surface area contributed by atoms with Crippen LogP contribution in [0.25, 0.3) is 32.7 Å². The lowest BCUT2D eigenvalue weighted by atomic mass is 9.79. The molecular formula is C50H66N4O2. The standard InChI is InChI=1S/C50H66N4O2/c1-5-9-13-17-31-49(32-18-14-10-6-2)51-39-25-21-23-35-37(27-29-41(53-49)43(35)39)45-47(55)46(48(45)56)38-28-30-42-44-36(38)24-22-26-40(44)52-50(54-42,33-19-15-11-7-3)34-20-16-12-8-4/h21-30,51-53,55H,5-20,31-34H2,1-4H3. The second kappa shape index (κ2) is 17.9. The van der Waals surface area contributed by atoms with Gasteiger partial charge in [-0.2, -0.15) is 0 Å². The summed E-state index contributed by atoms with van der Waals surface area (Å²) in [7, 11) is 0. The predicted molar refractivity (Wildman–Crippen MR) is 238 cm³/mol. The molecule has 0 radical (unpaired) electrons. The van der Waals surface area contributed by atoms with Gasteiger partial charge in [-0.15, -0.1) is 0 Å². The molecule has 0 unspecified atom stereocenters. The molecule has 0 atom stereocenters. The number of nitrogens with zero attached hydrogens (tertiary/aromatic N) is 1. The number of rotatable bonds is 21. The van der Waals surface area contributed by atoms with Crippen molar-refractivity contribution in [2.45, 2.75) is 167 Å². The highest BCUT2D eigenvalue weighted by molar-refractivity contribution is 6.53. The third-order valence-electron chi connectivity index (χ3n) is 12.8. The van der Waals surface area contributed by atoms with Crippen molar-refractivity contribution >= 4 is 55.5 Å². The SMILES string of the molecule is CCCCCCC1(CCCCCC)N=c2ccc(=C3C(=O)C(c4ccc5c6c(cccc46)NC(CCCCCC)(CCCCCC)N5)=C3O)c3cccc(c23)N1. The van der Waals surface area contributed by atoms with E-state index >= 15 is 0 Å². The first-order chi connectivity index (χ1) is 27.4. The molecule has 0 saturated carbocycles. The van der Waals surface area contributed by atoms with Gasteiger partial charge in [0.1, 0.15) is 17.1 Å². The fourth-order valence-corrected chi connectivity index (χ4v) is 9.73. The van der Waals surface area contributed by atoms with Crippen LogP contribution in [0, 0.1) is 0 Å². The third-order valence-corrected chi connectivity index (χ3v) is 12.8. The zero-order valence-electron chi connectivity index (χ0n) is 34.7. The van der Waals surface area contributed by atoms with Crippen molar-refractivity contribution in [1.82, 2.24) is 0 Å². The Morgan fingerprint density at radius 1 is 0.536 bits per heavy atom. The van der Waals surface area contributed by atoms with Gasteiger partial charge in [0, 0.05) is 27.8 Å². The molecule has 298 valence electrons. The number of unbranched alkanes of at least 4 members (excludes halogenated alkanes) is 12. The van der Waals surface area contributed by atoms with Crippen LogP contribution in [0.4, 0.5) is 17.1 Å². The maximum absolute atomic E-state index is 14.3. The van der Waals surface area contributed by atoms with Crippen molar-refractivity contribution in [3.8, 4) is 0 Å². The van der Waals surface area contributed by atoms with E-state index in [9.17, 15) is 9.90 Å². The summed E-state index contributed by atoms with van der Waals surface area (Å²) in [5.74, 6) is -0.0278. The van der Waals surface area contributed by atoms with Gasteiger partial charge in [-0.3, -0.25) is 9.79 Å². The first kappa shape index (κ1) is 39.9. The van der Waals surface area contributed by atoms with Crippen LogP contribution in [-0.4, -0.2) is 22.2 Å². The number of ketones is 1. The molecule has 6 nitrogen and oxygen atoms in total. The number of aliphatic hydroxyl groups is 1. The fourth-order valence-electron chi connectivity index (χ4n) is 9.73. The Labute approximate surface area is 335 Å². The summed E-state index contributed by atoms with van der Waals surface area (Å²) in [5, 5.41) is 29.5. The highest BCUT2D eigenvalue weighted by Gasteiger charge is 2.39. The molecule has 6 heteroatoms. The molecule has 56 heavy (non-hydrogen) atoms. The Balaban J connectivity index is 1.24. The number of hydrogen-bond donors (Lipinski definition) is 4. The lowest BCUT2D eigenvalue weighted by Gasteiger charge is -2.42. The molecule has 0 aromatic heterocycles. The van der Waals surface area contributed by atoms with Crippen molar-refractivity contribution in [1.29, 1.82) is 0 Å². The maximum atomic E-state index is 14.3. The van der Waals surface area contributed by atoms with E-state index in [1.54, 1.807) is 0 Å². The zero-order chi connectivity index (χ0) is 39.1. The van der Waals surface area contributed by atoms with Gasteiger partial charge in [-0.1, -0.05) is 141 Å². The van der Waals surface area contributed by atoms with E-state index in [1.165, 1.54) is 89.9 Å². The quantitative estimate of drug-likeness (QED) is 0.0637. The monoisotopic (exact) mass is 755 g/mol. The van der Waals surface area contributed by atoms with Crippen molar-refractivity contribution in [2.75, 3.05) is 16.0 Å². The van der Waals surface area contributed by atoms with Crippen molar-refractivity contribution in [3.63, 3.8) is 0 Å². The summed E-state index contributed by atoms with van der Waals surface area (Å²) < 4.78 is 0. The van der Waals surface area contributed by atoms with Crippen LogP contribution in [-0.2, 0) is 4.79 Å². The number of nitrogens with one attached hydrogen (secondary N) is 3. The van der Waals surface area contributed by atoms with Gasteiger partial charge in [-0.05, 0) is 97.2 Å². The second-order valence-electron chi connectivity index (χ2n) is 17.0. The highest BCUT2D eigenvalue weighted by Crippen LogP contribution is 2.47. The lowest BCUT2D eigenvalue weighted by molar-refractivity contribution is -0.109. The first-order valence-corrected chi connectivity index (χ1v) is 22.4. The summed E-state index contributed by atoms with van der Waals surface area (Å²) in [6.07, 6.45) is 23.7. The van der Waals surface area contributed by atoms with Crippen LogP contribution in [0.2, 0.25) is 0 Å². The van der Waals surface area contributed by atoms with Gasteiger partial charge < -0.3 is 21.1 Å². The van der Waals surface area contributed by atoms with Crippen LogP contribution in [0.15, 0.2) is 71.4 Å². The third kappa shape index (κ3) is 7.95. The van der Waals surface area contributed by atoms with Gasteiger partial charge in [-0.25, -0.2) is 0 Å². The highest BCUT2D eigenvalue weighted by atomic mass is 16.3. The first-order valence-electron chi connectivity index (χ1n) is 22.4. The van der Waals surface area contributed by atoms with E-state index < -0.39 is 0 Å². The minimum Gasteiger partial charge on any atom is -0.506 e.